The van der Waals surface area contributed by atoms with E-state index in [-0.39, 0.29) is 15.1 Å². The van der Waals surface area contributed by atoms with Crippen molar-refractivity contribution in [3.63, 3.8) is 0 Å². The Hall–Kier alpha value is -0.960. The lowest BCUT2D eigenvalue weighted by Crippen LogP contribution is -2.34. The summed E-state index contributed by atoms with van der Waals surface area (Å²) in [6, 6.07) is 2.41. The SMILES string of the molecule is CC(CCN(C)C)NS(=O)(=O)c1ccc(C(=O)O)s1. The molecule has 0 saturated heterocycles. The number of carboxylic acid groups (broad SMARTS) is 1. The smallest absolute Gasteiger partial charge is 0.345 e. The fraction of sp³-hybridized carbons (Fsp3) is 0.545. The van der Waals surface area contributed by atoms with Crippen LogP contribution in [0, 0.1) is 0 Å². The second-order valence-electron chi connectivity index (χ2n) is 4.54. The number of hydrogen-bond donors (Lipinski definition) is 2. The number of nitrogens with one attached hydrogen (secondary N) is 1. The van der Waals surface area contributed by atoms with Crippen molar-refractivity contribution in [2.75, 3.05) is 20.6 Å². The van der Waals surface area contributed by atoms with Crippen LogP contribution in [0.5, 0.6) is 0 Å². The van der Waals surface area contributed by atoms with Gasteiger partial charge < -0.3 is 10.0 Å². The Morgan fingerprint density at radius 3 is 2.58 bits per heavy atom. The maximum atomic E-state index is 12.0. The van der Waals surface area contributed by atoms with Crippen molar-refractivity contribution < 1.29 is 18.3 Å². The topological polar surface area (TPSA) is 86.7 Å². The van der Waals surface area contributed by atoms with Gasteiger partial charge in [-0.1, -0.05) is 0 Å². The highest BCUT2D eigenvalue weighted by Gasteiger charge is 2.21. The number of nitrogens with zero attached hydrogens (tertiary/aromatic N) is 1. The molecule has 108 valence electrons. The van der Waals surface area contributed by atoms with E-state index in [9.17, 15) is 13.2 Å². The van der Waals surface area contributed by atoms with Gasteiger partial charge in [0.25, 0.3) is 0 Å². The highest BCUT2D eigenvalue weighted by molar-refractivity contribution is 7.91. The Bertz CT molecular complexity index is 537. The molecule has 1 rings (SSSR count). The van der Waals surface area contributed by atoms with Crippen LogP contribution in [0.1, 0.15) is 23.0 Å². The Kier molecular flexibility index (Phi) is 5.48. The molecule has 0 aliphatic heterocycles. The van der Waals surface area contributed by atoms with Crippen LogP contribution in [0.2, 0.25) is 0 Å². The van der Waals surface area contributed by atoms with Gasteiger partial charge in [0.05, 0.1) is 0 Å². The first kappa shape index (κ1) is 16.1. The summed E-state index contributed by atoms with van der Waals surface area (Å²) in [5.74, 6) is -1.12. The molecule has 1 heterocycles. The first-order chi connectivity index (χ1) is 8.72. The van der Waals surface area contributed by atoms with Gasteiger partial charge >= 0.3 is 5.97 Å². The maximum absolute atomic E-state index is 12.0. The largest absolute Gasteiger partial charge is 0.477 e. The monoisotopic (exact) mass is 306 g/mol. The minimum atomic E-state index is -3.63. The molecule has 0 radical (unpaired) electrons. The minimum Gasteiger partial charge on any atom is -0.477 e. The summed E-state index contributed by atoms with van der Waals surface area (Å²) < 4.78 is 26.6. The molecule has 2 N–H and O–H groups in total. The van der Waals surface area contributed by atoms with Crippen LogP contribution in [-0.4, -0.2) is 51.1 Å². The van der Waals surface area contributed by atoms with Gasteiger partial charge in [0.2, 0.25) is 10.0 Å². The minimum absolute atomic E-state index is 0.0151. The van der Waals surface area contributed by atoms with Crippen molar-refractivity contribution in [2.24, 2.45) is 0 Å². The van der Waals surface area contributed by atoms with Gasteiger partial charge in [-0.05, 0) is 46.1 Å². The molecule has 0 aliphatic rings. The summed E-state index contributed by atoms with van der Waals surface area (Å²) in [4.78, 5) is 12.7. The average molecular weight is 306 g/mol. The number of aromatic carboxylic acids is 1. The van der Waals surface area contributed by atoms with Crippen LogP contribution in [0.3, 0.4) is 0 Å². The van der Waals surface area contributed by atoms with Crippen LogP contribution < -0.4 is 4.72 Å². The van der Waals surface area contributed by atoms with Crippen LogP contribution in [0.25, 0.3) is 0 Å². The maximum Gasteiger partial charge on any atom is 0.345 e. The van der Waals surface area contributed by atoms with Crippen LogP contribution >= 0.6 is 11.3 Å². The highest BCUT2D eigenvalue weighted by Crippen LogP contribution is 2.21. The first-order valence-electron chi connectivity index (χ1n) is 5.72. The second-order valence-corrected chi connectivity index (χ2v) is 7.56. The van der Waals surface area contributed by atoms with Gasteiger partial charge in [0.15, 0.2) is 0 Å². The van der Waals surface area contributed by atoms with Gasteiger partial charge in [-0.25, -0.2) is 17.9 Å². The lowest BCUT2D eigenvalue weighted by Gasteiger charge is -2.16. The molecule has 0 amide bonds. The molecule has 0 saturated carbocycles. The summed E-state index contributed by atoms with van der Waals surface area (Å²) >= 11 is 0.754. The van der Waals surface area contributed by atoms with E-state index < -0.39 is 16.0 Å². The van der Waals surface area contributed by atoms with Crippen molar-refractivity contribution in [3.8, 4) is 0 Å². The van der Waals surface area contributed by atoms with Crippen LogP contribution in [0.15, 0.2) is 16.3 Å². The summed E-state index contributed by atoms with van der Waals surface area (Å²) in [6.45, 7) is 2.56. The van der Waals surface area contributed by atoms with Gasteiger partial charge in [-0.3, -0.25) is 0 Å². The fourth-order valence-electron chi connectivity index (χ4n) is 1.41. The molecule has 1 aromatic heterocycles. The van der Waals surface area contributed by atoms with E-state index in [4.69, 9.17) is 5.11 Å². The van der Waals surface area contributed by atoms with E-state index in [1.165, 1.54) is 12.1 Å². The number of carboxylic acids is 1. The van der Waals surface area contributed by atoms with Crippen molar-refractivity contribution in [2.45, 2.75) is 23.6 Å². The van der Waals surface area contributed by atoms with E-state index in [2.05, 4.69) is 4.72 Å². The van der Waals surface area contributed by atoms with E-state index in [1.807, 2.05) is 19.0 Å². The van der Waals surface area contributed by atoms with Crippen molar-refractivity contribution in [1.29, 1.82) is 0 Å². The number of hydrogen-bond acceptors (Lipinski definition) is 5. The Balaban J connectivity index is 2.72. The summed E-state index contributed by atoms with van der Waals surface area (Å²) in [7, 11) is 0.199. The third-order valence-corrected chi connectivity index (χ3v) is 5.58. The molecule has 1 atom stereocenters. The zero-order valence-corrected chi connectivity index (χ0v) is 12.7. The van der Waals surface area contributed by atoms with E-state index in [0.717, 1.165) is 17.9 Å². The van der Waals surface area contributed by atoms with Gasteiger partial charge in [-0.15, -0.1) is 11.3 Å². The first-order valence-corrected chi connectivity index (χ1v) is 8.02. The van der Waals surface area contributed by atoms with Gasteiger partial charge in [0, 0.05) is 6.04 Å². The van der Waals surface area contributed by atoms with E-state index in [1.54, 1.807) is 6.92 Å². The summed E-state index contributed by atoms with van der Waals surface area (Å²) in [6.07, 6.45) is 0.684. The summed E-state index contributed by atoms with van der Waals surface area (Å²) in [5.41, 5.74) is 0. The third-order valence-electron chi connectivity index (χ3n) is 2.42. The molecule has 0 spiro atoms. The molecule has 6 nitrogen and oxygen atoms in total. The molecule has 0 bridgehead atoms. The second kappa shape index (κ2) is 6.47. The van der Waals surface area contributed by atoms with Crippen molar-refractivity contribution in [3.05, 3.63) is 17.0 Å². The van der Waals surface area contributed by atoms with E-state index >= 15 is 0 Å². The standard InChI is InChI=1S/C11H18N2O4S2/c1-8(6-7-13(2)3)12-19(16,17)10-5-4-9(18-10)11(14)15/h4-5,8,12H,6-7H2,1-3H3,(H,14,15). The molecular weight excluding hydrogens is 288 g/mol. The zero-order chi connectivity index (χ0) is 14.6. The predicted molar refractivity (Wildman–Crippen MR) is 74.2 cm³/mol. The lowest BCUT2D eigenvalue weighted by molar-refractivity contribution is 0.0702. The molecule has 1 aromatic rings. The highest BCUT2D eigenvalue weighted by atomic mass is 32.2. The number of rotatable bonds is 7. The molecule has 0 aliphatic carbocycles. The Morgan fingerprint density at radius 2 is 2.11 bits per heavy atom. The predicted octanol–water partition coefficient (Wildman–Crippen LogP) is 1.06. The molecular formula is C11H18N2O4S2. The van der Waals surface area contributed by atoms with Crippen LogP contribution in [-0.2, 0) is 10.0 Å². The van der Waals surface area contributed by atoms with Crippen molar-refractivity contribution >= 4 is 27.3 Å². The summed E-state index contributed by atoms with van der Waals surface area (Å²) in [5, 5.41) is 8.78. The molecule has 0 aromatic carbocycles. The lowest BCUT2D eigenvalue weighted by atomic mass is 10.2. The Morgan fingerprint density at radius 1 is 1.47 bits per heavy atom. The quantitative estimate of drug-likeness (QED) is 0.787. The van der Waals surface area contributed by atoms with E-state index in [0.29, 0.717) is 6.42 Å². The average Bonchev–Trinajstić information content (AvgIpc) is 2.75. The number of sulfonamides is 1. The Labute approximate surface area is 117 Å². The van der Waals surface area contributed by atoms with Gasteiger partial charge in [0.1, 0.15) is 9.09 Å². The van der Waals surface area contributed by atoms with Gasteiger partial charge in [-0.2, -0.15) is 0 Å². The zero-order valence-electron chi connectivity index (χ0n) is 11.1. The third kappa shape index (κ3) is 4.90. The number of carbonyl (C=O) groups is 1. The number of thiophene rings is 1. The molecule has 0 fully saturated rings. The molecule has 1 unspecified atom stereocenters. The normalized spacial score (nSPS) is 13.7. The molecule has 19 heavy (non-hydrogen) atoms. The molecule has 8 heteroatoms. The van der Waals surface area contributed by atoms with Crippen molar-refractivity contribution in [1.82, 2.24) is 9.62 Å². The van der Waals surface area contributed by atoms with Crippen LogP contribution in [0.4, 0.5) is 0 Å². The fourth-order valence-corrected chi connectivity index (χ4v) is 3.85.